The summed E-state index contributed by atoms with van der Waals surface area (Å²) in [5, 5.41) is 15.7. The number of hydrogen-bond acceptors (Lipinski definition) is 7. The second kappa shape index (κ2) is 17.5. The molecular formula is C31H51N3O7. The van der Waals surface area contributed by atoms with Crippen LogP contribution in [-0.4, -0.2) is 65.2 Å². The second-order valence-corrected chi connectivity index (χ2v) is 11.7. The molecule has 0 bridgehead atoms. The minimum absolute atomic E-state index is 0.0124. The number of unbranched alkanes of at least 4 members (excludes halogenated alkanes) is 3. The lowest BCUT2D eigenvalue weighted by atomic mass is 9.97. The summed E-state index contributed by atoms with van der Waals surface area (Å²) in [5.74, 6) is -1.18. The van der Waals surface area contributed by atoms with Gasteiger partial charge in [-0.05, 0) is 76.6 Å². The fourth-order valence-electron chi connectivity index (χ4n) is 4.36. The molecule has 0 spiro atoms. The molecule has 0 radical (unpaired) electrons. The average Bonchev–Trinajstić information content (AvgIpc) is 2.85. The minimum Gasteiger partial charge on any atom is -0.508 e. The smallest absolute Gasteiger partial charge is 0.408 e. The number of nitrogens with zero attached hydrogens (tertiary/aromatic N) is 1. The molecule has 0 heterocycles. The first-order valence-corrected chi connectivity index (χ1v) is 14.7. The summed E-state index contributed by atoms with van der Waals surface area (Å²) in [5.41, 5.74) is 0.314. The van der Waals surface area contributed by atoms with Crippen LogP contribution in [0.2, 0.25) is 0 Å². The SMILES string of the molecule is CCCCCCN(C(=O)C(CC(C)C)NC(=O)OC(C)(C)C)C(C(=O)NCCC(=O)OCC)c1ccc(O)c(C)c1. The van der Waals surface area contributed by atoms with Gasteiger partial charge in [-0.15, -0.1) is 0 Å². The van der Waals surface area contributed by atoms with Crippen LogP contribution in [0.5, 0.6) is 5.75 Å². The van der Waals surface area contributed by atoms with Crippen LogP contribution in [0.15, 0.2) is 18.2 Å². The maximum atomic E-state index is 14.2. The summed E-state index contributed by atoms with van der Waals surface area (Å²) in [7, 11) is 0. The molecule has 1 aromatic rings. The molecule has 10 nitrogen and oxygen atoms in total. The van der Waals surface area contributed by atoms with Gasteiger partial charge in [0.05, 0.1) is 13.0 Å². The molecule has 2 atom stereocenters. The number of esters is 1. The van der Waals surface area contributed by atoms with E-state index in [0.717, 1.165) is 19.3 Å². The largest absolute Gasteiger partial charge is 0.508 e. The van der Waals surface area contributed by atoms with Crippen LogP contribution in [0, 0.1) is 12.8 Å². The molecular weight excluding hydrogens is 526 g/mol. The predicted octanol–water partition coefficient (Wildman–Crippen LogP) is 5.16. The van der Waals surface area contributed by atoms with Crippen molar-refractivity contribution in [3.05, 3.63) is 29.3 Å². The van der Waals surface area contributed by atoms with Crippen molar-refractivity contribution in [3.63, 3.8) is 0 Å². The molecule has 0 aliphatic carbocycles. The molecule has 0 saturated heterocycles. The fourth-order valence-corrected chi connectivity index (χ4v) is 4.36. The maximum absolute atomic E-state index is 14.2. The van der Waals surface area contributed by atoms with Crippen LogP contribution in [-0.2, 0) is 23.9 Å². The van der Waals surface area contributed by atoms with Crippen LogP contribution in [0.3, 0.4) is 0 Å². The Morgan fingerprint density at radius 3 is 2.29 bits per heavy atom. The fraction of sp³-hybridized carbons (Fsp3) is 0.677. The summed E-state index contributed by atoms with van der Waals surface area (Å²) in [6, 6.07) is 2.80. The number of ether oxygens (including phenoxy) is 2. The summed E-state index contributed by atoms with van der Waals surface area (Å²) >= 11 is 0. The molecule has 41 heavy (non-hydrogen) atoms. The van der Waals surface area contributed by atoms with E-state index in [1.165, 1.54) is 11.0 Å². The molecule has 0 saturated carbocycles. The van der Waals surface area contributed by atoms with Crippen molar-refractivity contribution in [2.45, 2.75) is 112 Å². The molecule has 3 N–H and O–H groups in total. The number of alkyl carbamates (subject to hydrolysis) is 1. The molecule has 0 fully saturated rings. The highest BCUT2D eigenvalue weighted by atomic mass is 16.6. The Hall–Kier alpha value is -3.30. The van der Waals surface area contributed by atoms with Gasteiger partial charge in [-0.3, -0.25) is 14.4 Å². The molecule has 2 unspecified atom stereocenters. The molecule has 0 aliphatic heterocycles. The summed E-state index contributed by atoms with van der Waals surface area (Å²) in [6.07, 6.45) is 3.11. The first kappa shape index (κ1) is 35.7. The average molecular weight is 578 g/mol. The highest BCUT2D eigenvalue weighted by Gasteiger charge is 2.36. The number of aromatic hydroxyl groups is 1. The van der Waals surface area contributed by atoms with Gasteiger partial charge in [-0.25, -0.2) is 4.79 Å². The first-order chi connectivity index (χ1) is 19.2. The molecule has 10 heteroatoms. The summed E-state index contributed by atoms with van der Waals surface area (Å²) < 4.78 is 10.4. The van der Waals surface area contributed by atoms with Gasteiger partial charge in [0.25, 0.3) is 0 Å². The van der Waals surface area contributed by atoms with E-state index in [2.05, 4.69) is 17.6 Å². The van der Waals surface area contributed by atoms with Crippen molar-refractivity contribution in [2.24, 2.45) is 5.92 Å². The van der Waals surface area contributed by atoms with Gasteiger partial charge < -0.3 is 30.1 Å². The van der Waals surface area contributed by atoms with Gasteiger partial charge in [0, 0.05) is 13.1 Å². The van der Waals surface area contributed by atoms with Gasteiger partial charge in [0.1, 0.15) is 23.4 Å². The van der Waals surface area contributed by atoms with Crippen molar-refractivity contribution in [2.75, 3.05) is 19.7 Å². The molecule has 0 aromatic heterocycles. The molecule has 1 rings (SSSR count). The van der Waals surface area contributed by atoms with Crippen LogP contribution in [0.1, 0.15) is 104 Å². The van der Waals surface area contributed by atoms with E-state index in [1.54, 1.807) is 46.8 Å². The van der Waals surface area contributed by atoms with Crippen LogP contribution >= 0.6 is 0 Å². The Labute approximate surface area is 245 Å². The Balaban J connectivity index is 3.49. The van der Waals surface area contributed by atoms with E-state index in [0.29, 0.717) is 24.0 Å². The maximum Gasteiger partial charge on any atom is 0.408 e. The van der Waals surface area contributed by atoms with Gasteiger partial charge in [0.15, 0.2) is 0 Å². The molecule has 0 aliphatic rings. The normalized spacial score (nSPS) is 12.8. The van der Waals surface area contributed by atoms with Crippen molar-refractivity contribution < 1.29 is 33.8 Å². The Bertz CT molecular complexity index is 1000. The van der Waals surface area contributed by atoms with Gasteiger partial charge in [0.2, 0.25) is 11.8 Å². The lowest BCUT2D eigenvalue weighted by molar-refractivity contribution is -0.144. The summed E-state index contributed by atoms with van der Waals surface area (Å²) in [4.78, 5) is 54.1. The number of nitrogens with one attached hydrogen (secondary N) is 2. The number of amides is 3. The number of hydrogen-bond donors (Lipinski definition) is 3. The van der Waals surface area contributed by atoms with Crippen molar-refractivity contribution in [1.29, 1.82) is 0 Å². The number of rotatable bonds is 16. The molecule has 3 amide bonds. The van der Waals surface area contributed by atoms with E-state index in [9.17, 15) is 24.3 Å². The van der Waals surface area contributed by atoms with Crippen LogP contribution < -0.4 is 10.6 Å². The summed E-state index contributed by atoms with van der Waals surface area (Å²) in [6.45, 7) is 15.2. The van der Waals surface area contributed by atoms with E-state index in [4.69, 9.17) is 9.47 Å². The lowest BCUT2D eigenvalue weighted by Crippen LogP contribution is -2.53. The second-order valence-electron chi connectivity index (χ2n) is 11.7. The van der Waals surface area contributed by atoms with E-state index in [1.807, 2.05) is 13.8 Å². The third kappa shape index (κ3) is 13.3. The first-order valence-electron chi connectivity index (χ1n) is 14.7. The van der Waals surface area contributed by atoms with E-state index >= 15 is 0 Å². The Kier molecular flexibility index (Phi) is 15.2. The molecule has 1 aromatic carbocycles. The predicted molar refractivity (Wildman–Crippen MR) is 158 cm³/mol. The minimum atomic E-state index is -1.05. The lowest BCUT2D eigenvalue weighted by Gasteiger charge is -2.35. The number of aryl methyl sites for hydroxylation is 1. The van der Waals surface area contributed by atoms with Crippen LogP contribution in [0.4, 0.5) is 4.79 Å². The van der Waals surface area contributed by atoms with Crippen molar-refractivity contribution in [1.82, 2.24) is 15.5 Å². The van der Waals surface area contributed by atoms with Gasteiger partial charge in [-0.2, -0.15) is 0 Å². The third-order valence-corrected chi connectivity index (χ3v) is 6.26. The van der Waals surface area contributed by atoms with Crippen LogP contribution in [0.25, 0.3) is 0 Å². The zero-order valence-corrected chi connectivity index (χ0v) is 26.2. The quantitative estimate of drug-likeness (QED) is 0.182. The highest BCUT2D eigenvalue weighted by molar-refractivity contribution is 5.92. The standard InChI is InChI=1S/C31H51N3O7/c1-9-11-12-13-18-34(29(38)24(19-21(3)4)33-30(39)41-31(6,7)8)27(23-14-15-25(35)22(5)20-23)28(37)32-17-16-26(36)40-10-2/h14-15,20-21,24,27,35H,9-13,16-19H2,1-8H3,(H,32,37)(H,33,39). The highest BCUT2D eigenvalue weighted by Crippen LogP contribution is 2.28. The van der Waals surface area contributed by atoms with Crippen molar-refractivity contribution in [3.8, 4) is 5.75 Å². The van der Waals surface area contributed by atoms with E-state index in [-0.39, 0.29) is 37.8 Å². The van der Waals surface area contributed by atoms with Gasteiger partial charge >= 0.3 is 12.1 Å². The number of benzene rings is 1. The number of carbonyl (C=O) groups is 4. The Morgan fingerprint density at radius 2 is 1.73 bits per heavy atom. The zero-order chi connectivity index (χ0) is 31.2. The van der Waals surface area contributed by atoms with Gasteiger partial charge in [-0.1, -0.05) is 46.1 Å². The number of carbonyl (C=O) groups excluding carboxylic acids is 4. The molecule has 232 valence electrons. The van der Waals surface area contributed by atoms with Crippen molar-refractivity contribution >= 4 is 23.9 Å². The number of phenols is 1. The third-order valence-electron chi connectivity index (χ3n) is 6.26. The zero-order valence-electron chi connectivity index (χ0n) is 26.2. The topological polar surface area (TPSA) is 134 Å². The van der Waals surface area contributed by atoms with E-state index < -0.39 is 41.6 Å². The Morgan fingerprint density at radius 1 is 1.05 bits per heavy atom. The number of phenolic OH excluding ortho intramolecular Hbond substituents is 1. The monoisotopic (exact) mass is 577 g/mol.